The summed E-state index contributed by atoms with van der Waals surface area (Å²) in [6.45, 7) is 2.86. The maximum absolute atomic E-state index is 5.37. The Morgan fingerprint density at radius 2 is 2.38 bits per heavy atom. The smallest absolute Gasteiger partial charge is 0.0575 e. The van der Waals surface area contributed by atoms with Crippen molar-refractivity contribution in [3.8, 4) is 0 Å². The highest BCUT2D eigenvalue weighted by atomic mass is 16.5. The Bertz CT molecular complexity index is 57.4. The van der Waals surface area contributed by atoms with E-state index in [0.717, 1.165) is 6.61 Å². The molecular weight excluding hydrogens is 100 g/mol. The zero-order valence-corrected chi connectivity index (χ0v) is 5.39. The van der Waals surface area contributed by atoms with Crippen LogP contribution in [0.5, 0.6) is 0 Å². The van der Waals surface area contributed by atoms with E-state index in [1.807, 2.05) is 6.92 Å². The summed E-state index contributed by atoms with van der Waals surface area (Å²) in [6, 6.07) is 0. The molecule has 1 fully saturated rings. The highest BCUT2D eigenvalue weighted by Crippen LogP contribution is 2.21. The van der Waals surface area contributed by atoms with E-state index >= 15 is 0 Å². The van der Waals surface area contributed by atoms with Crippen molar-refractivity contribution in [1.29, 1.82) is 0 Å². The Balaban J connectivity index is 1.86. The van der Waals surface area contributed by atoms with Gasteiger partial charge < -0.3 is 4.74 Å². The first kappa shape index (κ1) is 6.09. The number of ether oxygens (including phenoxy) is 1. The van der Waals surface area contributed by atoms with Gasteiger partial charge in [-0.15, -0.1) is 0 Å². The van der Waals surface area contributed by atoms with Crippen LogP contribution < -0.4 is 0 Å². The zero-order valence-electron chi connectivity index (χ0n) is 5.39. The molecule has 1 heteroatoms. The van der Waals surface area contributed by atoms with Gasteiger partial charge in [-0.1, -0.05) is 6.92 Å². The van der Waals surface area contributed by atoms with E-state index in [0.29, 0.717) is 6.10 Å². The summed E-state index contributed by atoms with van der Waals surface area (Å²) in [6.07, 6.45) is 6.60. The molecule has 1 aliphatic carbocycles. The first-order chi connectivity index (χ1) is 3.93. The minimum atomic E-state index is 0.603. The minimum Gasteiger partial charge on any atom is -0.378 e. The van der Waals surface area contributed by atoms with Crippen LogP contribution in [0.2, 0.25) is 0 Å². The fraction of sp³-hybridized carbons (Fsp3) is 0.857. The monoisotopic (exact) mass is 113 g/mol. The molecule has 8 heavy (non-hydrogen) atoms. The van der Waals surface area contributed by atoms with Gasteiger partial charge in [0.05, 0.1) is 6.10 Å². The van der Waals surface area contributed by atoms with Crippen LogP contribution in [0, 0.1) is 6.42 Å². The van der Waals surface area contributed by atoms with Crippen LogP contribution in [-0.2, 0) is 4.74 Å². The molecule has 0 aliphatic heterocycles. The summed E-state index contributed by atoms with van der Waals surface area (Å²) < 4.78 is 5.37. The van der Waals surface area contributed by atoms with Gasteiger partial charge in [0.25, 0.3) is 0 Å². The lowest BCUT2D eigenvalue weighted by Crippen LogP contribution is -2.21. The molecule has 0 N–H and O–H groups in total. The second-order valence-electron chi connectivity index (χ2n) is 2.29. The van der Waals surface area contributed by atoms with Gasteiger partial charge in [0, 0.05) is 6.61 Å². The van der Waals surface area contributed by atoms with E-state index in [4.69, 9.17) is 4.74 Å². The van der Waals surface area contributed by atoms with Gasteiger partial charge >= 0.3 is 0 Å². The summed E-state index contributed by atoms with van der Waals surface area (Å²) in [5.74, 6) is 0. The van der Waals surface area contributed by atoms with Crippen molar-refractivity contribution >= 4 is 0 Å². The molecule has 1 nitrogen and oxygen atoms in total. The average Bonchev–Trinajstić information content (AvgIpc) is 1.63. The van der Waals surface area contributed by atoms with Gasteiger partial charge in [0.2, 0.25) is 0 Å². The topological polar surface area (TPSA) is 9.23 Å². The fourth-order valence-corrected chi connectivity index (χ4v) is 0.770. The van der Waals surface area contributed by atoms with Crippen molar-refractivity contribution in [1.82, 2.24) is 0 Å². The predicted octanol–water partition coefficient (Wildman–Crippen LogP) is 1.78. The number of hydrogen-bond donors (Lipinski definition) is 0. The first-order valence-electron chi connectivity index (χ1n) is 3.33. The van der Waals surface area contributed by atoms with Crippen LogP contribution in [0.25, 0.3) is 0 Å². The Kier molecular flexibility index (Phi) is 2.34. The third kappa shape index (κ3) is 1.48. The highest BCUT2D eigenvalue weighted by molar-refractivity contribution is 4.70. The lowest BCUT2D eigenvalue weighted by atomic mass is 9.96. The molecule has 1 aliphatic rings. The SMILES string of the molecule is C[CH]COC1CCC1. The van der Waals surface area contributed by atoms with Gasteiger partial charge in [-0.05, 0) is 25.7 Å². The second-order valence-corrected chi connectivity index (χ2v) is 2.29. The van der Waals surface area contributed by atoms with Crippen LogP contribution in [0.1, 0.15) is 26.2 Å². The molecule has 0 heterocycles. The maximum Gasteiger partial charge on any atom is 0.0575 e. The molecule has 0 saturated heterocycles. The van der Waals surface area contributed by atoms with E-state index in [9.17, 15) is 0 Å². The fourth-order valence-electron chi connectivity index (χ4n) is 0.770. The van der Waals surface area contributed by atoms with E-state index in [1.54, 1.807) is 0 Å². The van der Waals surface area contributed by atoms with Gasteiger partial charge in [-0.25, -0.2) is 0 Å². The van der Waals surface area contributed by atoms with Gasteiger partial charge in [0.15, 0.2) is 0 Å². The summed E-state index contributed by atoms with van der Waals surface area (Å²) in [4.78, 5) is 0. The van der Waals surface area contributed by atoms with Crippen LogP contribution in [0.15, 0.2) is 0 Å². The Hall–Kier alpha value is -0.0400. The van der Waals surface area contributed by atoms with Gasteiger partial charge in [-0.3, -0.25) is 0 Å². The molecule has 0 aromatic rings. The summed E-state index contributed by atoms with van der Waals surface area (Å²) in [5.41, 5.74) is 0. The lowest BCUT2D eigenvalue weighted by molar-refractivity contribution is 0.0142. The van der Waals surface area contributed by atoms with Crippen LogP contribution in [0.3, 0.4) is 0 Å². The molecule has 0 bridgehead atoms. The van der Waals surface area contributed by atoms with Crippen LogP contribution >= 0.6 is 0 Å². The molecule has 1 radical (unpaired) electrons. The third-order valence-corrected chi connectivity index (χ3v) is 1.55. The molecule has 1 saturated carbocycles. The van der Waals surface area contributed by atoms with Gasteiger partial charge in [0.1, 0.15) is 0 Å². The molecule has 1 rings (SSSR count). The summed E-state index contributed by atoms with van der Waals surface area (Å²) in [7, 11) is 0. The predicted molar refractivity (Wildman–Crippen MR) is 33.6 cm³/mol. The van der Waals surface area contributed by atoms with Crippen molar-refractivity contribution in [2.24, 2.45) is 0 Å². The summed E-state index contributed by atoms with van der Waals surface area (Å²) >= 11 is 0. The van der Waals surface area contributed by atoms with E-state index < -0.39 is 0 Å². The third-order valence-electron chi connectivity index (χ3n) is 1.55. The normalized spacial score (nSPS) is 20.6. The molecule has 0 aromatic heterocycles. The average molecular weight is 113 g/mol. The van der Waals surface area contributed by atoms with Crippen molar-refractivity contribution in [2.75, 3.05) is 6.61 Å². The molecule has 47 valence electrons. The molecule has 0 unspecified atom stereocenters. The number of hydrogen-bond acceptors (Lipinski definition) is 1. The van der Waals surface area contributed by atoms with Gasteiger partial charge in [-0.2, -0.15) is 0 Å². The maximum atomic E-state index is 5.37. The largest absolute Gasteiger partial charge is 0.378 e. The molecular formula is C7H13O. The van der Waals surface area contributed by atoms with E-state index in [2.05, 4.69) is 6.42 Å². The molecule has 0 atom stereocenters. The van der Waals surface area contributed by atoms with Crippen molar-refractivity contribution in [2.45, 2.75) is 32.3 Å². The van der Waals surface area contributed by atoms with E-state index in [1.165, 1.54) is 19.3 Å². The van der Waals surface area contributed by atoms with E-state index in [-0.39, 0.29) is 0 Å². The Morgan fingerprint density at radius 3 is 2.75 bits per heavy atom. The standard InChI is InChI=1S/C7H13O/c1-2-6-8-7-4-3-5-7/h2,7H,3-6H2,1H3. The second kappa shape index (κ2) is 3.08. The van der Waals surface area contributed by atoms with Crippen molar-refractivity contribution in [3.63, 3.8) is 0 Å². The Morgan fingerprint density at radius 1 is 1.62 bits per heavy atom. The van der Waals surface area contributed by atoms with Crippen LogP contribution in [-0.4, -0.2) is 12.7 Å². The molecule has 0 amide bonds. The number of rotatable bonds is 3. The highest BCUT2D eigenvalue weighted by Gasteiger charge is 2.16. The lowest BCUT2D eigenvalue weighted by Gasteiger charge is -2.24. The van der Waals surface area contributed by atoms with Crippen molar-refractivity contribution < 1.29 is 4.74 Å². The first-order valence-corrected chi connectivity index (χ1v) is 3.33. The zero-order chi connectivity index (χ0) is 5.82. The molecule has 0 spiro atoms. The minimum absolute atomic E-state index is 0.603. The molecule has 0 aromatic carbocycles. The Labute approximate surface area is 51.0 Å². The summed E-state index contributed by atoms with van der Waals surface area (Å²) in [5, 5.41) is 0. The van der Waals surface area contributed by atoms with Crippen molar-refractivity contribution in [3.05, 3.63) is 6.42 Å². The quantitative estimate of drug-likeness (QED) is 0.542. The van der Waals surface area contributed by atoms with Crippen LogP contribution in [0.4, 0.5) is 0 Å².